The van der Waals surface area contributed by atoms with Gasteiger partial charge in [-0.15, -0.1) is 0 Å². The van der Waals surface area contributed by atoms with Gasteiger partial charge < -0.3 is 15.0 Å². The number of hydrogen-bond donors (Lipinski definition) is 2. The average Bonchev–Trinajstić information content (AvgIpc) is 3.34. The Balaban J connectivity index is 1.25. The fraction of sp³-hybridized carbons (Fsp3) is 0.292. The minimum Gasteiger partial charge on any atom is -0.490 e. The summed E-state index contributed by atoms with van der Waals surface area (Å²) in [6.45, 7) is 0.455. The van der Waals surface area contributed by atoms with E-state index in [-0.39, 0.29) is 23.9 Å². The smallest absolute Gasteiger partial charge is 0.419 e. The van der Waals surface area contributed by atoms with Crippen molar-refractivity contribution in [2.75, 3.05) is 19.6 Å². The number of benzene rings is 2. The van der Waals surface area contributed by atoms with E-state index in [0.29, 0.717) is 31.6 Å². The van der Waals surface area contributed by atoms with Crippen LogP contribution in [0.3, 0.4) is 0 Å². The Kier molecular flexibility index (Phi) is 6.85. The van der Waals surface area contributed by atoms with Crippen molar-refractivity contribution in [3.05, 3.63) is 71.9 Å². The molecule has 1 aliphatic heterocycles. The SMILES string of the molecule is O=C(NCC(=O)N1CCC(Oc2ccccc2C(F)(F)F)CC1)c1cc(-c2ccccc2)[nH]n1. The number of likely N-dealkylation sites (tertiary alicyclic amines) is 1. The lowest BCUT2D eigenvalue weighted by Crippen LogP contribution is -2.46. The van der Waals surface area contributed by atoms with Crippen molar-refractivity contribution in [3.63, 3.8) is 0 Å². The number of halogens is 3. The van der Waals surface area contributed by atoms with Crippen LogP contribution in [0, 0.1) is 0 Å². The molecule has 34 heavy (non-hydrogen) atoms. The number of ether oxygens (including phenoxy) is 1. The Labute approximate surface area is 193 Å². The van der Waals surface area contributed by atoms with Gasteiger partial charge in [0.05, 0.1) is 17.8 Å². The lowest BCUT2D eigenvalue weighted by atomic mass is 10.1. The third-order valence-electron chi connectivity index (χ3n) is 5.58. The second-order valence-corrected chi connectivity index (χ2v) is 7.91. The van der Waals surface area contributed by atoms with Gasteiger partial charge in [-0.2, -0.15) is 18.3 Å². The normalized spacial score (nSPS) is 14.6. The molecule has 0 unspecified atom stereocenters. The molecule has 0 bridgehead atoms. The maximum absolute atomic E-state index is 13.2. The third-order valence-corrected chi connectivity index (χ3v) is 5.58. The predicted molar refractivity (Wildman–Crippen MR) is 118 cm³/mol. The molecule has 2 N–H and O–H groups in total. The first-order valence-electron chi connectivity index (χ1n) is 10.8. The molecule has 4 rings (SSSR count). The molecule has 1 aromatic heterocycles. The first-order valence-corrected chi connectivity index (χ1v) is 10.8. The molecule has 2 amide bonds. The Bertz CT molecular complexity index is 1140. The highest BCUT2D eigenvalue weighted by Gasteiger charge is 2.35. The molecule has 3 aromatic rings. The molecule has 178 valence electrons. The third kappa shape index (κ3) is 5.56. The van der Waals surface area contributed by atoms with E-state index in [0.717, 1.165) is 11.6 Å². The number of nitrogens with one attached hydrogen (secondary N) is 2. The van der Waals surface area contributed by atoms with Crippen molar-refractivity contribution in [3.8, 4) is 17.0 Å². The number of carbonyl (C=O) groups excluding carboxylic acids is 2. The summed E-state index contributed by atoms with van der Waals surface area (Å²) in [7, 11) is 0. The summed E-state index contributed by atoms with van der Waals surface area (Å²) in [6.07, 6.45) is -4.14. The van der Waals surface area contributed by atoms with Gasteiger partial charge in [-0.3, -0.25) is 14.7 Å². The topological polar surface area (TPSA) is 87.3 Å². The number of H-pyrrole nitrogens is 1. The van der Waals surface area contributed by atoms with Gasteiger partial charge in [-0.05, 0) is 23.8 Å². The molecule has 10 heteroatoms. The monoisotopic (exact) mass is 472 g/mol. The van der Waals surface area contributed by atoms with Gasteiger partial charge in [-0.25, -0.2) is 0 Å². The van der Waals surface area contributed by atoms with E-state index in [2.05, 4.69) is 15.5 Å². The highest BCUT2D eigenvalue weighted by Crippen LogP contribution is 2.37. The van der Waals surface area contributed by atoms with Crippen LogP contribution in [-0.2, 0) is 11.0 Å². The van der Waals surface area contributed by atoms with Crippen LogP contribution >= 0.6 is 0 Å². The van der Waals surface area contributed by atoms with Crippen molar-refractivity contribution in [1.29, 1.82) is 0 Å². The van der Waals surface area contributed by atoms with Gasteiger partial charge in [0.15, 0.2) is 5.69 Å². The molecular formula is C24H23F3N4O3. The molecule has 0 spiro atoms. The molecular weight excluding hydrogens is 449 g/mol. The number of aromatic amines is 1. The number of piperidine rings is 1. The van der Waals surface area contributed by atoms with E-state index < -0.39 is 23.8 Å². The summed E-state index contributed by atoms with van der Waals surface area (Å²) in [5.74, 6) is -0.962. The van der Waals surface area contributed by atoms with Gasteiger partial charge >= 0.3 is 6.18 Å². The van der Waals surface area contributed by atoms with Gasteiger partial charge in [-0.1, -0.05) is 42.5 Å². The molecule has 2 heterocycles. The first-order chi connectivity index (χ1) is 16.3. The van der Waals surface area contributed by atoms with E-state index in [9.17, 15) is 22.8 Å². The second kappa shape index (κ2) is 9.98. The molecule has 0 radical (unpaired) electrons. The summed E-state index contributed by atoms with van der Waals surface area (Å²) in [4.78, 5) is 26.4. The van der Waals surface area contributed by atoms with Crippen molar-refractivity contribution < 1.29 is 27.5 Å². The minimum atomic E-state index is -4.50. The van der Waals surface area contributed by atoms with Crippen LogP contribution in [0.4, 0.5) is 13.2 Å². The summed E-state index contributed by atoms with van der Waals surface area (Å²) in [5.41, 5.74) is 0.923. The zero-order valence-electron chi connectivity index (χ0n) is 18.1. The number of hydrogen-bond acceptors (Lipinski definition) is 4. The number of para-hydroxylation sites is 1. The Morgan fingerprint density at radius 2 is 1.74 bits per heavy atom. The zero-order valence-corrected chi connectivity index (χ0v) is 18.1. The van der Waals surface area contributed by atoms with Crippen LogP contribution in [0.1, 0.15) is 28.9 Å². The Hall–Kier alpha value is -3.82. The summed E-state index contributed by atoms with van der Waals surface area (Å²) < 4.78 is 45.1. The van der Waals surface area contributed by atoms with E-state index in [4.69, 9.17) is 4.74 Å². The molecule has 0 aliphatic carbocycles. The molecule has 1 fully saturated rings. The molecule has 0 atom stereocenters. The quantitative estimate of drug-likeness (QED) is 0.570. The van der Waals surface area contributed by atoms with Crippen molar-refractivity contribution >= 4 is 11.8 Å². The summed E-state index contributed by atoms with van der Waals surface area (Å²) in [6, 6.07) is 16.1. The van der Waals surface area contributed by atoms with Crippen LogP contribution in [0.2, 0.25) is 0 Å². The fourth-order valence-electron chi connectivity index (χ4n) is 3.77. The molecule has 1 saturated heterocycles. The number of aromatic nitrogens is 2. The van der Waals surface area contributed by atoms with Gasteiger partial charge in [0.25, 0.3) is 5.91 Å². The molecule has 7 nitrogen and oxygen atoms in total. The number of alkyl halides is 3. The van der Waals surface area contributed by atoms with Gasteiger partial charge in [0.1, 0.15) is 11.9 Å². The lowest BCUT2D eigenvalue weighted by molar-refractivity contribution is -0.139. The Morgan fingerprint density at radius 3 is 2.44 bits per heavy atom. The van der Waals surface area contributed by atoms with Crippen LogP contribution in [0.25, 0.3) is 11.3 Å². The largest absolute Gasteiger partial charge is 0.490 e. The van der Waals surface area contributed by atoms with Gasteiger partial charge in [0, 0.05) is 25.9 Å². The maximum Gasteiger partial charge on any atom is 0.419 e. The van der Waals surface area contributed by atoms with E-state index in [1.807, 2.05) is 30.3 Å². The Morgan fingerprint density at radius 1 is 1.06 bits per heavy atom. The standard InChI is InChI=1S/C24H23F3N4O3/c25-24(26,27)18-8-4-5-9-21(18)34-17-10-12-31(13-11-17)22(32)15-28-23(33)20-14-19(29-30-20)16-6-2-1-3-7-16/h1-9,14,17H,10-13,15H2,(H,28,33)(H,29,30). The number of carbonyl (C=O) groups is 2. The van der Waals surface area contributed by atoms with Crippen LogP contribution in [0.5, 0.6) is 5.75 Å². The minimum absolute atomic E-state index is 0.169. The highest BCUT2D eigenvalue weighted by molar-refractivity contribution is 5.95. The predicted octanol–water partition coefficient (Wildman–Crippen LogP) is 3.90. The number of rotatable bonds is 6. The number of amides is 2. The molecule has 0 saturated carbocycles. The molecule has 1 aliphatic rings. The van der Waals surface area contributed by atoms with Crippen molar-refractivity contribution in [2.24, 2.45) is 0 Å². The van der Waals surface area contributed by atoms with Crippen molar-refractivity contribution in [2.45, 2.75) is 25.1 Å². The highest BCUT2D eigenvalue weighted by atomic mass is 19.4. The average molecular weight is 472 g/mol. The zero-order chi connectivity index (χ0) is 24.1. The van der Waals surface area contributed by atoms with E-state index >= 15 is 0 Å². The van der Waals surface area contributed by atoms with Crippen LogP contribution in [0.15, 0.2) is 60.7 Å². The fourth-order valence-corrected chi connectivity index (χ4v) is 3.77. The first kappa shape index (κ1) is 23.3. The summed E-state index contributed by atoms with van der Waals surface area (Å²) >= 11 is 0. The van der Waals surface area contributed by atoms with E-state index in [1.54, 1.807) is 11.0 Å². The summed E-state index contributed by atoms with van der Waals surface area (Å²) in [5, 5.41) is 9.37. The second-order valence-electron chi connectivity index (χ2n) is 7.91. The van der Waals surface area contributed by atoms with Crippen LogP contribution in [-0.4, -0.2) is 52.6 Å². The maximum atomic E-state index is 13.2. The van der Waals surface area contributed by atoms with E-state index in [1.165, 1.54) is 18.2 Å². The van der Waals surface area contributed by atoms with Crippen LogP contribution < -0.4 is 10.1 Å². The van der Waals surface area contributed by atoms with Crippen molar-refractivity contribution in [1.82, 2.24) is 20.4 Å². The lowest BCUT2D eigenvalue weighted by Gasteiger charge is -2.32. The molecule has 2 aromatic carbocycles. The van der Waals surface area contributed by atoms with Gasteiger partial charge in [0.2, 0.25) is 5.91 Å². The number of nitrogens with zero attached hydrogens (tertiary/aromatic N) is 2.